The Morgan fingerprint density at radius 2 is 0.906 bits per heavy atom. The molecule has 1 N–H and O–H groups in total. The lowest BCUT2D eigenvalue weighted by Crippen LogP contribution is -1.99. The number of nitrogens with zero attached hydrogens (tertiary/aromatic N) is 2. The van der Waals surface area contributed by atoms with Gasteiger partial charge in [0.05, 0.1) is 44.6 Å². The van der Waals surface area contributed by atoms with E-state index in [9.17, 15) is 9.90 Å². The summed E-state index contributed by atoms with van der Waals surface area (Å²) in [6, 6.07) is 38.9. The van der Waals surface area contributed by atoms with Crippen molar-refractivity contribution in [1.82, 2.24) is 9.97 Å². The van der Waals surface area contributed by atoms with Gasteiger partial charge in [-0.1, -0.05) is 170 Å². The fourth-order valence-electron chi connectivity index (χ4n) is 7.94. The first kappa shape index (κ1) is 26.3. The second-order valence-electron chi connectivity index (χ2n) is 15.1. The van der Waals surface area contributed by atoms with Crippen molar-refractivity contribution >= 4 is 27.6 Å². The first-order valence-corrected chi connectivity index (χ1v) is 20.5. The maximum atomic E-state index is 13.0. The molecule has 0 saturated heterocycles. The summed E-state index contributed by atoms with van der Waals surface area (Å²) in [6.45, 7) is -2.83. The fraction of sp³-hybridized carbons (Fsp3) is 0.0500. The van der Waals surface area contributed by atoms with Crippen molar-refractivity contribution in [2.45, 2.75) is 19.7 Å². The van der Waals surface area contributed by atoms with Crippen LogP contribution in [0.2, 0.25) is 0 Å². The molecule has 0 radical (unpaired) electrons. The molecule has 4 heteroatoms. The van der Waals surface area contributed by atoms with E-state index in [1.807, 2.05) is 109 Å². The van der Waals surface area contributed by atoms with Crippen LogP contribution in [0.15, 0.2) is 224 Å². The molecule has 8 aromatic carbocycles. The number of aryl methyl sites for hydroxylation is 1. The minimum absolute atomic E-state index is 0.0831. The number of carbonyl (C=O) groups is 1. The standard InChI is InChI=1S/C60H44N2O2/c1-40(63)36-51(64)33-30-41-12-2-5-15-52(41)48-37-49(55-18-8-6-16-53(55)42-22-26-46(27-23-42)59-34-31-44-13-3-10-20-57(44)61-59)39-50(38-48)56-19-9-7-17-54(56)43-24-28-47(29-25-43)60-35-32-45-14-4-11-21-58(45)62-60/h2-29,31-32,34-39,63H,30,33H2,1H3/i1D3,3D,4D,10D,11D,13D,14D,20D,21D,31D,32D,34D,35D. The normalized spacial score (nSPS) is 15.1. The zero-order valence-electron chi connectivity index (χ0n) is 49.0. The van der Waals surface area contributed by atoms with Crippen molar-refractivity contribution in [3.8, 4) is 78.1 Å². The van der Waals surface area contributed by atoms with Gasteiger partial charge in [-0.2, -0.15) is 0 Å². The number of hydrogen-bond acceptors (Lipinski definition) is 4. The number of rotatable bonds is 11. The van der Waals surface area contributed by atoms with Crippen LogP contribution in [0, 0.1) is 0 Å². The van der Waals surface area contributed by atoms with Crippen LogP contribution in [-0.4, -0.2) is 20.9 Å². The molecule has 2 aromatic heterocycles. The lowest BCUT2D eigenvalue weighted by atomic mass is 9.86. The van der Waals surface area contributed by atoms with Gasteiger partial charge < -0.3 is 5.11 Å². The maximum Gasteiger partial charge on any atom is 0.159 e. The summed E-state index contributed by atoms with van der Waals surface area (Å²) in [6.07, 6.45) is 0.890. The molecule has 64 heavy (non-hydrogen) atoms. The molecule has 10 aromatic rings. The highest BCUT2D eigenvalue weighted by Crippen LogP contribution is 2.41. The van der Waals surface area contributed by atoms with Crippen LogP contribution < -0.4 is 0 Å². The molecule has 0 fully saturated rings. The SMILES string of the molecule is [2H]c1c([2H])c([2H])c2c([2H])c([2H])c(-c3ccc(-c4ccccc4-c4cc(-c5ccccc5CCC(=O)C=C(O)C([2H])([2H])[2H])cc(-c5ccccc5-c5ccc(-c6nc7c([2H])c([2H])c([2H])c([2H])c7c([2H])c6[2H])cc5)c4)cc3)nc2c1[2H]. The summed E-state index contributed by atoms with van der Waals surface area (Å²) in [5.74, 6) is -1.53. The summed E-state index contributed by atoms with van der Waals surface area (Å²) in [4.78, 5) is 22.1. The minimum atomic E-state index is -2.83. The molecule has 0 atom stereocenters. The van der Waals surface area contributed by atoms with E-state index >= 15 is 0 Å². The molecule has 0 unspecified atom stereocenters. The topological polar surface area (TPSA) is 63.1 Å². The van der Waals surface area contributed by atoms with Crippen molar-refractivity contribution in [2.24, 2.45) is 0 Å². The van der Waals surface area contributed by atoms with Crippen molar-refractivity contribution in [1.29, 1.82) is 0 Å². The number of allylic oxidation sites excluding steroid dienone is 2. The van der Waals surface area contributed by atoms with Crippen LogP contribution in [-0.2, 0) is 11.2 Å². The van der Waals surface area contributed by atoms with Crippen LogP contribution in [0.5, 0.6) is 0 Å². The third kappa shape index (κ3) is 8.37. The first-order valence-electron chi connectivity index (χ1n) is 28.0. The van der Waals surface area contributed by atoms with Crippen molar-refractivity contribution in [2.75, 3.05) is 0 Å². The average Bonchev–Trinajstić information content (AvgIpc) is 3.66. The number of benzene rings is 8. The van der Waals surface area contributed by atoms with E-state index in [1.54, 1.807) is 24.3 Å². The van der Waals surface area contributed by atoms with Gasteiger partial charge in [0, 0.05) is 38.5 Å². The Balaban J connectivity index is 1.09. The lowest BCUT2D eigenvalue weighted by Gasteiger charge is -2.18. The zero-order valence-corrected chi connectivity index (χ0v) is 34.0. The third-order valence-corrected chi connectivity index (χ3v) is 11.0. The molecule has 2 heterocycles. The Kier molecular flexibility index (Phi) is 7.25. The van der Waals surface area contributed by atoms with Crippen molar-refractivity contribution in [3.63, 3.8) is 0 Å². The number of hydrogen-bond donors (Lipinski definition) is 1. The van der Waals surface area contributed by atoms with Crippen LogP contribution >= 0.6 is 0 Å². The van der Waals surface area contributed by atoms with E-state index in [4.69, 9.17) is 20.6 Å². The molecule has 10 rings (SSSR count). The van der Waals surface area contributed by atoms with Crippen molar-refractivity contribution in [3.05, 3.63) is 229 Å². The Labute approximate surface area is 394 Å². The van der Waals surface area contributed by atoms with Gasteiger partial charge in [-0.3, -0.25) is 4.79 Å². The molecule has 0 saturated carbocycles. The number of ketones is 1. The van der Waals surface area contributed by atoms with Gasteiger partial charge >= 0.3 is 0 Å². The maximum absolute atomic E-state index is 13.0. The fourth-order valence-corrected chi connectivity index (χ4v) is 7.94. The summed E-state index contributed by atoms with van der Waals surface area (Å²) in [7, 11) is 0. The Morgan fingerprint density at radius 3 is 1.39 bits per heavy atom. The van der Waals surface area contributed by atoms with Gasteiger partial charge in [0.1, 0.15) is 0 Å². The Hall–Kier alpha value is -8.21. The molecule has 306 valence electrons. The van der Waals surface area contributed by atoms with E-state index in [0.717, 1.165) is 67.3 Å². The smallest absolute Gasteiger partial charge is 0.159 e. The lowest BCUT2D eigenvalue weighted by molar-refractivity contribution is -0.114. The van der Waals surface area contributed by atoms with Crippen LogP contribution in [0.3, 0.4) is 0 Å². The van der Waals surface area contributed by atoms with E-state index in [0.29, 0.717) is 11.1 Å². The molecular formula is C60H44N2O2. The molecule has 0 bridgehead atoms. The van der Waals surface area contributed by atoms with Crippen LogP contribution in [0.25, 0.3) is 100.0 Å². The minimum Gasteiger partial charge on any atom is -0.512 e. The number of para-hydroxylation sites is 2. The Bertz CT molecular complexity index is 3960. The number of aliphatic hydroxyl groups excluding tert-OH is 1. The molecule has 4 nitrogen and oxygen atoms in total. The van der Waals surface area contributed by atoms with Crippen molar-refractivity contribution < 1.29 is 30.5 Å². The Morgan fingerprint density at radius 1 is 0.500 bits per heavy atom. The summed E-state index contributed by atoms with van der Waals surface area (Å²) in [5, 5.41) is 9.83. The second-order valence-corrected chi connectivity index (χ2v) is 15.1. The van der Waals surface area contributed by atoms with E-state index in [-0.39, 0.29) is 70.2 Å². The number of fused-ring (bicyclic) bond motifs is 2. The van der Waals surface area contributed by atoms with Gasteiger partial charge in [0.15, 0.2) is 5.78 Å². The number of aromatic nitrogens is 2. The van der Waals surface area contributed by atoms with E-state index in [1.165, 1.54) is 0 Å². The van der Waals surface area contributed by atoms with Gasteiger partial charge in [-0.15, -0.1) is 0 Å². The quantitative estimate of drug-likeness (QED) is 0.104. The summed E-state index contributed by atoms with van der Waals surface area (Å²) in [5.41, 5.74) is 9.79. The second kappa shape index (κ2) is 17.6. The zero-order chi connectivity index (χ0) is 56.4. The molecule has 0 spiro atoms. The number of pyridine rings is 2. The predicted molar refractivity (Wildman–Crippen MR) is 265 cm³/mol. The van der Waals surface area contributed by atoms with E-state index in [2.05, 4.69) is 16.0 Å². The van der Waals surface area contributed by atoms with Crippen LogP contribution in [0.1, 0.15) is 39.4 Å². The number of aliphatic hydroxyl groups is 1. The summed E-state index contributed by atoms with van der Waals surface area (Å²) < 4.78 is 124. The van der Waals surface area contributed by atoms with Gasteiger partial charge in [0.25, 0.3) is 0 Å². The first-order chi connectivity index (χ1) is 37.6. The highest BCUT2D eigenvalue weighted by Gasteiger charge is 2.17. The van der Waals surface area contributed by atoms with Gasteiger partial charge in [-0.25, -0.2) is 9.97 Å². The predicted octanol–water partition coefficient (Wildman–Crippen LogP) is 15.4. The number of carbonyl (C=O) groups excluding carboxylic acids is 1. The molecule has 0 aliphatic rings. The average molecular weight is 840 g/mol. The van der Waals surface area contributed by atoms with E-state index < -0.39 is 66.7 Å². The molecular weight excluding hydrogens is 781 g/mol. The summed E-state index contributed by atoms with van der Waals surface area (Å²) >= 11 is 0. The monoisotopic (exact) mass is 839 g/mol. The molecule has 0 amide bonds. The third-order valence-electron chi connectivity index (χ3n) is 11.0. The molecule has 0 aliphatic heterocycles. The van der Waals surface area contributed by atoms with Crippen LogP contribution in [0.4, 0.5) is 0 Å². The van der Waals surface area contributed by atoms with Gasteiger partial charge in [0.2, 0.25) is 0 Å². The van der Waals surface area contributed by atoms with Gasteiger partial charge in [-0.05, 0) is 117 Å². The highest BCUT2D eigenvalue weighted by atomic mass is 16.3. The largest absolute Gasteiger partial charge is 0.512 e. The highest BCUT2D eigenvalue weighted by molar-refractivity contribution is 5.93. The molecule has 0 aliphatic carbocycles.